The number of rotatable bonds is 4. The van der Waals surface area contributed by atoms with E-state index in [0.717, 1.165) is 5.69 Å². The molecule has 96 valence electrons. The third-order valence-corrected chi connectivity index (χ3v) is 2.42. The first kappa shape index (κ1) is 13.8. The van der Waals surface area contributed by atoms with Gasteiger partial charge in [-0.3, -0.25) is 4.79 Å². The molecule has 0 radical (unpaired) electrons. The maximum atomic E-state index is 10.8. The van der Waals surface area contributed by atoms with E-state index in [-0.39, 0.29) is 11.5 Å². The van der Waals surface area contributed by atoms with Crippen molar-refractivity contribution in [3.05, 3.63) is 35.5 Å². The molecule has 0 saturated heterocycles. The molecule has 0 unspecified atom stereocenters. The molecule has 0 aliphatic carbocycles. The van der Waals surface area contributed by atoms with Gasteiger partial charge in [-0.05, 0) is 38.1 Å². The van der Waals surface area contributed by atoms with Crippen molar-refractivity contribution in [2.45, 2.75) is 20.8 Å². The molecule has 1 amide bonds. The van der Waals surface area contributed by atoms with Crippen molar-refractivity contribution in [2.75, 3.05) is 10.6 Å². The molecule has 1 rings (SSSR count). The third kappa shape index (κ3) is 3.93. The van der Waals surface area contributed by atoms with E-state index in [9.17, 15) is 9.59 Å². The zero-order valence-corrected chi connectivity index (χ0v) is 10.6. The van der Waals surface area contributed by atoms with Crippen molar-refractivity contribution in [3.8, 4) is 0 Å². The van der Waals surface area contributed by atoms with E-state index in [2.05, 4.69) is 10.6 Å². The van der Waals surface area contributed by atoms with Gasteiger partial charge in [0.15, 0.2) is 0 Å². The fourth-order valence-corrected chi connectivity index (χ4v) is 1.31. The van der Waals surface area contributed by atoms with Crippen molar-refractivity contribution >= 4 is 23.3 Å². The number of benzene rings is 1. The summed E-state index contributed by atoms with van der Waals surface area (Å²) in [6, 6.07) is 7.02. The number of hydrogen-bond acceptors (Lipinski definition) is 3. The van der Waals surface area contributed by atoms with Gasteiger partial charge in [-0.2, -0.15) is 0 Å². The Morgan fingerprint density at radius 3 is 1.78 bits per heavy atom. The topological polar surface area (TPSA) is 78.4 Å². The zero-order valence-electron chi connectivity index (χ0n) is 10.6. The van der Waals surface area contributed by atoms with Crippen LogP contribution in [0.2, 0.25) is 0 Å². The van der Waals surface area contributed by atoms with E-state index in [4.69, 9.17) is 5.11 Å². The Hall–Kier alpha value is -2.30. The molecule has 1 aromatic rings. The van der Waals surface area contributed by atoms with Gasteiger partial charge in [-0.25, -0.2) is 4.79 Å². The van der Waals surface area contributed by atoms with Crippen LogP contribution in [0.3, 0.4) is 0 Å². The number of nitrogens with one attached hydrogen (secondary N) is 2. The number of amides is 1. The number of carboxylic acid groups (broad SMARTS) is 1. The van der Waals surface area contributed by atoms with Gasteiger partial charge in [0.25, 0.3) is 0 Å². The Balaban J connectivity index is 2.78. The van der Waals surface area contributed by atoms with Gasteiger partial charge in [0, 0.05) is 24.0 Å². The highest BCUT2D eigenvalue weighted by molar-refractivity contribution is 5.89. The molecular weight excluding hydrogens is 232 g/mol. The fourth-order valence-electron chi connectivity index (χ4n) is 1.31. The number of anilines is 2. The summed E-state index contributed by atoms with van der Waals surface area (Å²) in [4.78, 5) is 21.6. The predicted molar refractivity (Wildman–Crippen MR) is 70.4 cm³/mol. The lowest BCUT2D eigenvalue weighted by molar-refractivity contribution is -0.132. The number of carbonyl (C=O) groups is 2. The van der Waals surface area contributed by atoms with Crippen LogP contribution in [-0.4, -0.2) is 17.0 Å². The van der Waals surface area contributed by atoms with Crippen LogP contribution in [0, 0.1) is 0 Å². The molecule has 0 bridgehead atoms. The Morgan fingerprint density at radius 1 is 0.944 bits per heavy atom. The molecule has 0 aliphatic rings. The second kappa shape index (κ2) is 5.86. The quantitative estimate of drug-likeness (QED) is 0.715. The van der Waals surface area contributed by atoms with Crippen molar-refractivity contribution in [3.63, 3.8) is 0 Å². The largest absolute Gasteiger partial charge is 0.478 e. The van der Waals surface area contributed by atoms with E-state index in [0.29, 0.717) is 11.4 Å². The van der Waals surface area contributed by atoms with Crippen LogP contribution >= 0.6 is 0 Å². The number of carboxylic acids is 1. The monoisotopic (exact) mass is 248 g/mol. The van der Waals surface area contributed by atoms with E-state index < -0.39 is 5.97 Å². The molecule has 0 saturated carbocycles. The number of hydrogen-bond donors (Lipinski definition) is 3. The van der Waals surface area contributed by atoms with Crippen LogP contribution in [0.4, 0.5) is 11.4 Å². The minimum atomic E-state index is -0.949. The first-order chi connectivity index (χ1) is 8.40. The van der Waals surface area contributed by atoms with Crippen molar-refractivity contribution in [2.24, 2.45) is 0 Å². The van der Waals surface area contributed by atoms with Crippen molar-refractivity contribution < 1.29 is 14.7 Å². The number of carbonyl (C=O) groups excluding carboxylic acids is 1. The van der Waals surface area contributed by atoms with Gasteiger partial charge in [-0.1, -0.05) is 0 Å². The lowest BCUT2D eigenvalue weighted by Gasteiger charge is -2.09. The van der Waals surface area contributed by atoms with Crippen LogP contribution in [0.1, 0.15) is 20.8 Å². The second-order valence-corrected chi connectivity index (χ2v) is 3.94. The molecule has 0 heterocycles. The molecule has 5 nitrogen and oxygen atoms in total. The summed E-state index contributed by atoms with van der Waals surface area (Å²) in [6.45, 7) is 4.68. The maximum absolute atomic E-state index is 10.8. The Kier molecular flexibility index (Phi) is 4.48. The molecular formula is C13H16N2O3. The standard InChI is InChI=1S/C13H16N2O3/c1-8(13(17)18)9(2)14-11-4-6-12(7-5-11)15-10(3)16/h4-7,14H,1-3H3,(H,15,16)(H,17,18). The molecule has 0 fully saturated rings. The van der Waals surface area contributed by atoms with Gasteiger partial charge >= 0.3 is 5.97 Å². The lowest BCUT2D eigenvalue weighted by atomic mass is 10.2. The number of allylic oxidation sites excluding steroid dienone is 1. The minimum Gasteiger partial charge on any atom is -0.478 e. The Labute approximate surface area is 106 Å². The van der Waals surface area contributed by atoms with E-state index in [1.54, 1.807) is 31.2 Å². The van der Waals surface area contributed by atoms with Gasteiger partial charge in [0.05, 0.1) is 5.57 Å². The van der Waals surface area contributed by atoms with Crippen LogP contribution in [0.5, 0.6) is 0 Å². The molecule has 1 aromatic carbocycles. The van der Waals surface area contributed by atoms with Gasteiger partial charge in [0.2, 0.25) is 5.91 Å². The zero-order chi connectivity index (χ0) is 13.7. The maximum Gasteiger partial charge on any atom is 0.333 e. The lowest BCUT2D eigenvalue weighted by Crippen LogP contribution is -2.07. The molecule has 0 spiro atoms. The average molecular weight is 248 g/mol. The Morgan fingerprint density at radius 2 is 1.39 bits per heavy atom. The molecule has 0 atom stereocenters. The van der Waals surface area contributed by atoms with Crippen LogP contribution < -0.4 is 10.6 Å². The van der Waals surface area contributed by atoms with Gasteiger partial charge in [-0.15, -0.1) is 0 Å². The predicted octanol–water partition coefficient (Wildman–Crippen LogP) is 2.44. The summed E-state index contributed by atoms with van der Waals surface area (Å²) in [7, 11) is 0. The highest BCUT2D eigenvalue weighted by Crippen LogP contribution is 2.16. The molecule has 18 heavy (non-hydrogen) atoms. The van der Waals surface area contributed by atoms with Crippen molar-refractivity contribution in [1.82, 2.24) is 0 Å². The summed E-state index contributed by atoms with van der Waals surface area (Å²) in [5.74, 6) is -1.08. The molecule has 5 heteroatoms. The SMILES string of the molecule is CC(=O)Nc1ccc(NC(C)=C(C)C(=O)O)cc1. The number of aliphatic carboxylic acids is 1. The third-order valence-electron chi connectivity index (χ3n) is 2.42. The Bertz CT molecular complexity index is 489. The summed E-state index contributed by atoms with van der Waals surface area (Å²) in [5, 5.41) is 14.5. The molecule has 3 N–H and O–H groups in total. The highest BCUT2D eigenvalue weighted by Gasteiger charge is 2.05. The smallest absolute Gasteiger partial charge is 0.333 e. The summed E-state index contributed by atoms with van der Waals surface area (Å²) < 4.78 is 0. The fraction of sp³-hybridized carbons (Fsp3) is 0.231. The van der Waals surface area contributed by atoms with E-state index in [1.165, 1.54) is 13.8 Å². The second-order valence-electron chi connectivity index (χ2n) is 3.94. The van der Waals surface area contributed by atoms with E-state index >= 15 is 0 Å². The van der Waals surface area contributed by atoms with Crippen LogP contribution in [-0.2, 0) is 9.59 Å². The first-order valence-electron chi connectivity index (χ1n) is 5.45. The van der Waals surface area contributed by atoms with Crippen molar-refractivity contribution in [1.29, 1.82) is 0 Å². The molecule has 0 aliphatic heterocycles. The van der Waals surface area contributed by atoms with Crippen LogP contribution in [0.25, 0.3) is 0 Å². The minimum absolute atomic E-state index is 0.131. The van der Waals surface area contributed by atoms with Gasteiger partial charge < -0.3 is 15.7 Å². The normalized spacial score (nSPS) is 11.5. The van der Waals surface area contributed by atoms with Gasteiger partial charge in [0.1, 0.15) is 0 Å². The van der Waals surface area contributed by atoms with Crippen LogP contribution in [0.15, 0.2) is 35.5 Å². The highest BCUT2D eigenvalue weighted by atomic mass is 16.4. The average Bonchev–Trinajstić information content (AvgIpc) is 2.29. The van der Waals surface area contributed by atoms with E-state index in [1.807, 2.05) is 0 Å². The summed E-state index contributed by atoms with van der Waals surface area (Å²) in [5.41, 5.74) is 2.31. The molecule has 0 aromatic heterocycles. The first-order valence-corrected chi connectivity index (χ1v) is 5.45. The summed E-state index contributed by atoms with van der Waals surface area (Å²) in [6.07, 6.45) is 0. The summed E-state index contributed by atoms with van der Waals surface area (Å²) >= 11 is 0.